The molecule has 0 radical (unpaired) electrons. The first-order chi connectivity index (χ1) is 8.58. The molecule has 1 aliphatic heterocycles. The molecule has 0 spiro atoms. The topological polar surface area (TPSA) is 57.0 Å². The number of amides is 1. The number of nitrogens with zero attached hydrogens (tertiary/aromatic N) is 3. The van der Waals surface area contributed by atoms with Gasteiger partial charge in [-0.15, -0.1) is 11.3 Å². The minimum atomic E-state index is -0.410. The largest absolute Gasteiger partial charge is 0.336 e. The summed E-state index contributed by atoms with van der Waals surface area (Å²) in [7, 11) is 0. The summed E-state index contributed by atoms with van der Waals surface area (Å²) in [5.74, 6) is -0.0484. The summed E-state index contributed by atoms with van der Waals surface area (Å²) in [5.41, 5.74) is 0.0956. The van der Waals surface area contributed by atoms with Crippen LogP contribution in [0.5, 0.6) is 0 Å². The second-order valence-corrected chi connectivity index (χ2v) is 6.62. The lowest BCUT2D eigenvalue weighted by atomic mass is 9.83. The third-order valence-corrected chi connectivity index (χ3v) is 4.99. The van der Waals surface area contributed by atoms with E-state index in [1.165, 1.54) is 11.3 Å². The van der Waals surface area contributed by atoms with E-state index in [1.54, 1.807) is 22.0 Å². The molecule has 1 aromatic heterocycles. The van der Waals surface area contributed by atoms with Crippen LogP contribution in [-0.4, -0.2) is 35.1 Å². The Labute approximate surface area is 115 Å². The van der Waals surface area contributed by atoms with Gasteiger partial charge in [-0.1, -0.05) is 11.8 Å². The van der Waals surface area contributed by atoms with Crippen LogP contribution in [0, 0.1) is 16.7 Å². The second kappa shape index (κ2) is 5.29. The van der Waals surface area contributed by atoms with Crippen LogP contribution in [0.4, 0.5) is 0 Å². The van der Waals surface area contributed by atoms with E-state index in [1.807, 2.05) is 13.2 Å². The molecular weight excluding hydrogens is 266 g/mol. The van der Waals surface area contributed by atoms with Crippen LogP contribution in [0.3, 0.4) is 0 Å². The van der Waals surface area contributed by atoms with Gasteiger partial charge >= 0.3 is 0 Å². The Bertz CT molecular complexity index is 494. The summed E-state index contributed by atoms with van der Waals surface area (Å²) >= 11 is 3.03. The van der Waals surface area contributed by atoms with Crippen molar-refractivity contribution < 1.29 is 4.79 Å². The maximum absolute atomic E-state index is 12.3. The smallest absolute Gasteiger partial charge is 0.273 e. The zero-order valence-electron chi connectivity index (χ0n) is 10.5. The van der Waals surface area contributed by atoms with Crippen molar-refractivity contribution in [3.05, 3.63) is 11.1 Å². The van der Waals surface area contributed by atoms with Gasteiger partial charge in [0.25, 0.3) is 5.91 Å². The Balaban J connectivity index is 2.12. The number of aromatic nitrogens is 1. The van der Waals surface area contributed by atoms with Gasteiger partial charge in [-0.25, -0.2) is 4.98 Å². The van der Waals surface area contributed by atoms with E-state index in [0.29, 0.717) is 12.2 Å². The highest BCUT2D eigenvalue weighted by Crippen LogP contribution is 2.29. The molecule has 2 rings (SSSR count). The van der Waals surface area contributed by atoms with Gasteiger partial charge in [0.2, 0.25) is 0 Å². The molecule has 1 atom stereocenters. The fourth-order valence-corrected chi connectivity index (χ4v) is 3.35. The minimum absolute atomic E-state index is 0.0484. The highest BCUT2D eigenvalue weighted by molar-refractivity contribution is 8.00. The van der Waals surface area contributed by atoms with E-state index in [4.69, 9.17) is 5.26 Å². The second-order valence-electron chi connectivity index (χ2n) is 4.71. The molecular formula is C12H15N3OS2. The first-order valence-corrected chi connectivity index (χ1v) is 7.88. The fraction of sp³-hybridized carbons (Fsp3) is 0.583. The summed E-state index contributed by atoms with van der Waals surface area (Å²) in [6.45, 7) is 3.15. The van der Waals surface area contributed by atoms with Crippen LogP contribution >= 0.6 is 23.1 Å². The van der Waals surface area contributed by atoms with Crippen molar-refractivity contribution in [2.45, 2.75) is 24.1 Å². The molecule has 4 nitrogen and oxygen atoms in total. The highest BCUT2D eigenvalue weighted by atomic mass is 32.2. The SMILES string of the molecule is CSc1nc(C(=O)N2CCC[C@](C)(C#N)C2)cs1. The number of likely N-dealkylation sites (tertiary alicyclic amines) is 1. The molecule has 1 aromatic rings. The number of carbonyl (C=O) groups is 1. The van der Waals surface area contributed by atoms with Gasteiger partial charge in [-0.2, -0.15) is 5.26 Å². The van der Waals surface area contributed by atoms with Crippen LogP contribution in [0.15, 0.2) is 9.72 Å². The van der Waals surface area contributed by atoms with Crippen LogP contribution in [0.1, 0.15) is 30.3 Å². The number of nitriles is 1. The lowest BCUT2D eigenvalue weighted by Gasteiger charge is -2.35. The van der Waals surface area contributed by atoms with Crippen molar-refractivity contribution in [1.82, 2.24) is 9.88 Å². The van der Waals surface area contributed by atoms with Crippen LogP contribution in [0.25, 0.3) is 0 Å². The lowest BCUT2D eigenvalue weighted by Crippen LogP contribution is -2.44. The van der Waals surface area contributed by atoms with Gasteiger partial charge in [-0.05, 0) is 26.0 Å². The van der Waals surface area contributed by atoms with E-state index >= 15 is 0 Å². The fourth-order valence-electron chi connectivity index (χ4n) is 2.12. The molecule has 0 aromatic carbocycles. The standard InChI is InChI=1S/C12H15N3OS2/c1-12(7-13)4-3-5-15(8-12)10(16)9-6-18-11(14-9)17-2/h6H,3-5,8H2,1-2H3/t12-/m1/s1. The zero-order chi connectivity index (χ0) is 13.2. The van der Waals surface area contributed by atoms with E-state index < -0.39 is 5.41 Å². The Morgan fingerprint density at radius 1 is 1.72 bits per heavy atom. The number of thiazole rings is 1. The first-order valence-electron chi connectivity index (χ1n) is 5.78. The Hall–Kier alpha value is -1.06. The quantitative estimate of drug-likeness (QED) is 0.782. The van der Waals surface area contributed by atoms with Crippen molar-refractivity contribution in [2.75, 3.05) is 19.3 Å². The first kappa shape index (κ1) is 13.4. The lowest BCUT2D eigenvalue weighted by molar-refractivity contribution is 0.0624. The average Bonchev–Trinajstić information content (AvgIpc) is 2.86. The van der Waals surface area contributed by atoms with Gasteiger partial charge in [-0.3, -0.25) is 4.79 Å². The van der Waals surface area contributed by atoms with Gasteiger partial charge in [0, 0.05) is 18.5 Å². The maximum Gasteiger partial charge on any atom is 0.273 e. The molecule has 18 heavy (non-hydrogen) atoms. The molecule has 0 saturated carbocycles. The number of thioether (sulfide) groups is 1. The van der Waals surface area contributed by atoms with Crippen LogP contribution in [0.2, 0.25) is 0 Å². The molecule has 1 fully saturated rings. The van der Waals surface area contributed by atoms with Crippen molar-refractivity contribution in [3.63, 3.8) is 0 Å². The predicted octanol–water partition coefficient (Wildman–Crippen LogP) is 2.63. The molecule has 1 saturated heterocycles. The number of piperidine rings is 1. The number of rotatable bonds is 2. The highest BCUT2D eigenvalue weighted by Gasteiger charge is 2.34. The molecule has 0 bridgehead atoms. The van der Waals surface area contributed by atoms with E-state index in [9.17, 15) is 4.79 Å². The van der Waals surface area contributed by atoms with Crippen molar-refractivity contribution in [2.24, 2.45) is 5.41 Å². The number of hydrogen-bond acceptors (Lipinski definition) is 5. The van der Waals surface area contributed by atoms with Crippen molar-refractivity contribution in [3.8, 4) is 6.07 Å². The molecule has 2 heterocycles. The Morgan fingerprint density at radius 3 is 3.11 bits per heavy atom. The molecule has 6 heteroatoms. The molecule has 1 aliphatic rings. The summed E-state index contributed by atoms with van der Waals surface area (Å²) in [5, 5.41) is 11.0. The van der Waals surface area contributed by atoms with Crippen molar-refractivity contribution >= 4 is 29.0 Å². The number of hydrogen-bond donors (Lipinski definition) is 0. The molecule has 96 valence electrons. The Kier molecular flexibility index (Phi) is 3.93. The third kappa shape index (κ3) is 2.68. The third-order valence-electron chi connectivity index (χ3n) is 3.13. The molecule has 0 N–H and O–H groups in total. The monoisotopic (exact) mass is 281 g/mol. The van der Waals surface area contributed by atoms with Gasteiger partial charge in [0.05, 0.1) is 11.5 Å². The van der Waals surface area contributed by atoms with E-state index in [0.717, 1.165) is 23.7 Å². The molecule has 1 amide bonds. The average molecular weight is 281 g/mol. The van der Waals surface area contributed by atoms with Crippen LogP contribution < -0.4 is 0 Å². The summed E-state index contributed by atoms with van der Waals surface area (Å²) < 4.78 is 0.901. The van der Waals surface area contributed by atoms with Gasteiger partial charge in [0.15, 0.2) is 0 Å². The minimum Gasteiger partial charge on any atom is -0.336 e. The maximum atomic E-state index is 12.3. The van der Waals surface area contributed by atoms with Gasteiger partial charge < -0.3 is 4.90 Å². The normalized spacial score (nSPS) is 23.7. The summed E-state index contributed by atoms with van der Waals surface area (Å²) in [4.78, 5) is 18.3. The zero-order valence-corrected chi connectivity index (χ0v) is 12.1. The van der Waals surface area contributed by atoms with Crippen LogP contribution in [-0.2, 0) is 0 Å². The van der Waals surface area contributed by atoms with E-state index in [-0.39, 0.29) is 5.91 Å². The molecule has 0 unspecified atom stereocenters. The predicted molar refractivity (Wildman–Crippen MR) is 72.8 cm³/mol. The van der Waals surface area contributed by atoms with Gasteiger partial charge in [0.1, 0.15) is 10.0 Å². The summed E-state index contributed by atoms with van der Waals surface area (Å²) in [6.07, 6.45) is 3.69. The Morgan fingerprint density at radius 2 is 2.50 bits per heavy atom. The molecule has 0 aliphatic carbocycles. The van der Waals surface area contributed by atoms with Crippen molar-refractivity contribution in [1.29, 1.82) is 5.26 Å². The van der Waals surface area contributed by atoms with E-state index in [2.05, 4.69) is 11.1 Å². The number of carbonyl (C=O) groups excluding carboxylic acids is 1. The summed E-state index contributed by atoms with van der Waals surface area (Å²) in [6, 6.07) is 2.32.